The van der Waals surface area contributed by atoms with Gasteiger partial charge in [-0.25, -0.2) is 4.98 Å². The molecule has 5 rings (SSSR count). The van der Waals surface area contributed by atoms with Crippen LogP contribution < -0.4 is 5.73 Å². The zero-order chi connectivity index (χ0) is 15.5. The third-order valence-corrected chi connectivity index (χ3v) is 5.80. The second kappa shape index (κ2) is 4.57. The number of carbonyl (C=O) groups is 2. The van der Waals surface area contributed by atoms with E-state index in [0.717, 1.165) is 19.4 Å². The van der Waals surface area contributed by atoms with Gasteiger partial charge >= 0.3 is 0 Å². The molecule has 1 aromatic heterocycles. The SMILES string of the molecule is CC1(CCC(=O)N2CC3CC2C3c2ocnc2C(N)=O)CC1. The lowest BCUT2D eigenvalue weighted by atomic mass is 9.72. The monoisotopic (exact) mass is 303 g/mol. The van der Waals surface area contributed by atoms with Gasteiger partial charge in [-0.2, -0.15) is 0 Å². The van der Waals surface area contributed by atoms with Gasteiger partial charge in [-0.1, -0.05) is 6.92 Å². The van der Waals surface area contributed by atoms with Crippen LogP contribution in [0.15, 0.2) is 10.8 Å². The minimum atomic E-state index is -0.561. The zero-order valence-corrected chi connectivity index (χ0v) is 12.7. The summed E-state index contributed by atoms with van der Waals surface area (Å²) >= 11 is 0. The second-order valence-corrected chi connectivity index (χ2v) is 7.38. The van der Waals surface area contributed by atoms with Gasteiger partial charge in [0, 0.05) is 24.9 Å². The largest absolute Gasteiger partial charge is 0.447 e. The lowest BCUT2D eigenvalue weighted by Gasteiger charge is -2.35. The van der Waals surface area contributed by atoms with E-state index in [1.165, 1.54) is 19.2 Å². The molecule has 2 amide bonds. The van der Waals surface area contributed by atoms with E-state index in [1.54, 1.807) is 0 Å². The molecule has 0 spiro atoms. The van der Waals surface area contributed by atoms with Crippen LogP contribution in [0.1, 0.15) is 61.2 Å². The first-order valence-electron chi connectivity index (χ1n) is 8.01. The number of amides is 2. The summed E-state index contributed by atoms with van der Waals surface area (Å²) in [5.41, 5.74) is 5.97. The van der Waals surface area contributed by atoms with Crippen molar-refractivity contribution in [3.05, 3.63) is 17.8 Å². The summed E-state index contributed by atoms with van der Waals surface area (Å²) < 4.78 is 5.41. The van der Waals surface area contributed by atoms with Crippen molar-refractivity contribution in [1.29, 1.82) is 0 Å². The van der Waals surface area contributed by atoms with Crippen molar-refractivity contribution in [3.8, 4) is 0 Å². The molecule has 4 aliphatic rings. The van der Waals surface area contributed by atoms with Crippen molar-refractivity contribution in [2.75, 3.05) is 6.54 Å². The average Bonchev–Trinajstić information content (AvgIpc) is 2.92. The van der Waals surface area contributed by atoms with Gasteiger partial charge in [0.1, 0.15) is 5.76 Å². The molecule has 6 nitrogen and oxygen atoms in total. The number of primary amides is 1. The predicted octanol–water partition coefficient (Wildman–Crippen LogP) is 1.67. The lowest BCUT2D eigenvalue weighted by Crippen LogP contribution is -2.40. The second-order valence-electron chi connectivity index (χ2n) is 7.38. The summed E-state index contributed by atoms with van der Waals surface area (Å²) in [6.07, 6.45) is 6.37. The number of hydrogen-bond donors (Lipinski definition) is 1. The highest BCUT2D eigenvalue weighted by Gasteiger charge is 2.56. The van der Waals surface area contributed by atoms with Crippen LogP contribution in [0, 0.1) is 11.3 Å². The Morgan fingerprint density at radius 1 is 1.50 bits per heavy atom. The molecule has 2 bridgehead atoms. The van der Waals surface area contributed by atoms with E-state index in [1.807, 2.05) is 4.90 Å². The van der Waals surface area contributed by atoms with Crippen LogP contribution >= 0.6 is 0 Å². The molecule has 3 unspecified atom stereocenters. The van der Waals surface area contributed by atoms with E-state index in [0.29, 0.717) is 23.5 Å². The Bertz CT molecular complexity index is 634. The summed E-state index contributed by atoms with van der Waals surface area (Å²) in [5, 5.41) is 0. The van der Waals surface area contributed by atoms with Gasteiger partial charge < -0.3 is 15.1 Å². The van der Waals surface area contributed by atoms with Crippen LogP contribution in [0.3, 0.4) is 0 Å². The maximum Gasteiger partial charge on any atom is 0.270 e. The fraction of sp³-hybridized carbons (Fsp3) is 0.688. The topological polar surface area (TPSA) is 89.4 Å². The highest BCUT2D eigenvalue weighted by Crippen LogP contribution is 2.54. The highest BCUT2D eigenvalue weighted by atomic mass is 16.3. The Balaban J connectivity index is 1.45. The average molecular weight is 303 g/mol. The predicted molar refractivity (Wildman–Crippen MR) is 77.9 cm³/mol. The van der Waals surface area contributed by atoms with Crippen molar-refractivity contribution < 1.29 is 14.0 Å². The lowest BCUT2D eigenvalue weighted by molar-refractivity contribution is -0.132. The molecule has 3 heterocycles. The number of aromatic nitrogens is 1. The molecule has 1 aromatic rings. The van der Waals surface area contributed by atoms with Crippen LogP contribution in [-0.2, 0) is 4.79 Å². The summed E-state index contributed by atoms with van der Waals surface area (Å²) in [4.78, 5) is 29.8. The number of hydrogen-bond acceptors (Lipinski definition) is 4. The highest BCUT2D eigenvalue weighted by molar-refractivity contribution is 5.92. The molecule has 2 saturated heterocycles. The number of nitrogens with zero attached hydrogens (tertiary/aromatic N) is 2. The fourth-order valence-corrected chi connectivity index (χ4v) is 3.99. The van der Waals surface area contributed by atoms with Gasteiger partial charge in [-0.3, -0.25) is 9.59 Å². The summed E-state index contributed by atoms with van der Waals surface area (Å²) in [6.45, 7) is 3.02. The van der Waals surface area contributed by atoms with E-state index in [4.69, 9.17) is 10.2 Å². The number of carbonyl (C=O) groups excluding carboxylic acids is 2. The summed E-state index contributed by atoms with van der Waals surface area (Å²) in [5.74, 6) is 0.707. The zero-order valence-electron chi connectivity index (χ0n) is 12.7. The molecule has 2 saturated carbocycles. The van der Waals surface area contributed by atoms with Gasteiger partial charge in [-0.15, -0.1) is 0 Å². The Kier molecular flexibility index (Phi) is 2.86. The molecule has 118 valence electrons. The van der Waals surface area contributed by atoms with Gasteiger partial charge in [0.05, 0.1) is 0 Å². The van der Waals surface area contributed by atoms with Crippen LogP contribution in [-0.4, -0.2) is 34.3 Å². The first kappa shape index (κ1) is 13.8. The van der Waals surface area contributed by atoms with E-state index < -0.39 is 5.91 Å². The number of rotatable bonds is 5. The van der Waals surface area contributed by atoms with Gasteiger partial charge in [0.2, 0.25) is 5.91 Å². The molecule has 2 aliphatic carbocycles. The minimum Gasteiger partial charge on any atom is -0.447 e. The molecule has 0 radical (unpaired) electrons. The Labute approximate surface area is 129 Å². The van der Waals surface area contributed by atoms with Gasteiger partial charge in [0.15, 0.2) is 12.1 Å². The van der Waals surface area contributed by atoms with Crippen molar-refractivity contribution in [1.82, 2.24) is 9.88 Å². The van der Waals surface area contributed by atoms with Crippen LogP contribution in [0.2, 0.25) is 0 Å². The van der Waals surface area contributed by atoms with Gasteiger partial charge in [-0.05, 0) is 37.0 Å². The Morgan fingerprint density at radius 2 is 2.27 bits per heavy atom. The smallest absolute Gasteiger partial charge is 0.270 e. The standard InChI is InChI=1S/C16H21N3O3/c1-16(4-5-16)3-2-11(20)19-7-9-6-10(19)12(9)14-13(15(17)21)18-8-22-14/h8-10,12H,2-7H2,1H3,(H2,17,21). The number of nitrogens with two attached hydrogens (primary N) is 1. The molecule has 0 aromatic carbocycles. The molecule has 6 heteroatoms. The molecule has 4 fully saturated rings. The Hall–Kier alpha value is -1.85. The quantitative estimate of drug-likeness (QED) is 0.896. The number of fused-ring (bicyclic) bond motifs is 1. The Morgan fingerprint density at radius 3 is 2.95 bits per heavy atom. The van der Waals surface area contributed by atoms with Crippen molar-refractivity contribution in [2.45, 2.75) is 51.0 Å². The molecule has 22 heavy (non-hydrogen) atoms. The molecule has 2 N–H and O–H groups in total. The van der Waals surface area contributed by atoms with E-state index >= 15 is 0 Å². The maximum absolute atomic E-state index is 12.5. The van der Waals surface area contributed by atoms with Crippen LogP contribution in [0.4, 0.5) is 0 Å². The van der Waals surface area contributed by atoms with Crippen LogP contribution in [0.5, 0.6) is 0 Å². The van der Waals surface area contributed by atoms with Gasteiger partial charge in [0.25, 0.3) is 5.91 Å². The normalized spacial score (nSPS) is 31.0. The third-order valence-electron chi connectivity index (χ3n) is 5.80. The molecule has 3 atom stereocenters. The maximum atomic E-state index is 12.5. The van der Waals surface area contributed by atoms with E-state index in [9.17, 15) is 9.59 Å². The fourth-order valence-electron chi connectivity index (χ4n) is 3.99. The molecule has 2 aliphatic heterocycles. The van der Waals surface area contributed by atoms with E-state index in [2.05, 4.69) is 11.9 Å². The summed E-state index contributed by atoms with van der Waals surface area (Å²) in [7, 11) is 0. The van der Waals surface area contributed by atoms with E-state index in [-0.39, 0.29) is 23.6 Å². The first-order valence-corrected chi connectivity index (χ1v) is 8.01. The number of oxazole rings is 1. The molecular weight excluding hydrogens is 282 g/mol. The molecular formula is C16H21N3O3. The first-order chi connectivity index (χ1) is 10.5. The third kappa shape index (κ3) is 2.04. The minimum absolute atomic E-state index is 0.0884. The van der Waals surface area contributed by atoms with Crippen molar-refractivity contribution in [2.24, 2.45) is 17.1 Å². The van der Waals surface area contributed by atoms with Crippen molar-refractivity contribution >= 4 is 11.8 Å². The van der Waals surface area contributed by atoms with Crippen molar-refractivity contribution in [3.63, 3.8) is 0 Å². The summed E-state index contributed by atoms with van der Waals surface area (Å²) in [6, 6.07) is 0.149. The van der Waals surface area contributed by atoms with Crippen LogP contribution in [0.25, 0.3) is 0 Å².